The van der Waals surface area contributed by atoms with E-state index in [2.05, 4.69) is 5.32 Å². The Morgan fingerprint density at radius 3 is 2.75 bits per heavy atom. The molecule has 0 aromatic rings. The fourth-order valence-electron chi connectivity index (χ4n) is 2.13. The number of carbonyl (C=O) groups is 2. The van der Waals surface area contributed by atoms with Gasteiger partial charge in [-0.05, 0) is 12.8 Å². The maximum Gasteiger partial charge on any atom is 0.325 e. The highest BCUT2D eigenvalue weighted by molar-refractivity contribution is 5.82. The lowest BCUT2D eigenvalue weighted by atomic mass is 10.1. The van der Waals surface area contributed by atoms with Crippen LogP contribution in [0.2, 0.25) is 0 Å². The van der Waals surface area contributed by atoms with Gasteiger partial charge in [-0.25, -0.2) is 0 Å². The third kappa shape index (κ3) is 6.34. The summed E-state index contributed by atoms with van der Waals surface area (Å²) >= 11 is 0. The van der Waals surface area contributed by atoms with Crippen molar-refractivity contribution in [1.29, 1.82) is 0 Å². The molecule has 0 radical (unpaired) electrons. The van der Waals surface area contributed by atoms with Crippen LogP contribution in [-0.2, 0) is 19.1 Å². The van der Waals surface area contributed by atoms with Crippen LogP contribution in [-0.4, -0.2) is 62.3 Å². The average Bonchev–Trinajstić information content (AvgIpc) is 2.39. The van der Waals surface area contributed by atoms with Crippen molar-refractivity contribution in [3.8, 4) is 0 Å². The Labute approximate surface area is 120 Å². The molecule has 1 amide bonds. The summed E-state index contributed by atoms with van der Waals surface area (Å²) in [6, 6.07) is 0. The molecule has 1 heterocycles. The minimum atomic E-state index is -0.357. The smallest absolute Gasteiger partial charge is 0.325 e. The molecule has 1 aliphatic heterocycles. The molecule has 1 rings (SSSR count). The number of nitrogens with one attached hydrogen (secondary N) is 1. The summed E-state index contributed by atoms with van der Waals surface area (Å²) < 4.78 is 10.4. The summed E-state index contributed by atoms with van der Waals surface area (Å²) in [5.41, 5.74) is 0. The van der Waals surface area contributed by atoms with Crippen molar-refractivity contribution >= 4 is 11.9 Å². The minimum absolute atomic E-state index is 0.0189. The second-order valence-corrected chi connectivity index (χ2v) is 5.37. The predicted molar refractivity (Wildman–Crippen MR) is 75.3 cm³/mol. The molecule has 1 unspecified atom stereocenters. The van der Waals surface area contributed by atoms with E-state index in [1.807, 2.05) is 13.8 Å². The van der Waals surface area contributed by atoms with Gasteiger partial charge in [0, 0.05) is 19.6 Å². The van der Waals surface area contributed by atoms with E-state index < -0.39 is 0 Å². The van der Waals surface area contributed by atoms with E-state index in [0.29, 0.717) is 38.6 Å². The van der Waals surface area contributed by atoms with Gasteiger partial charge in [-0.3, -0.25) is 9.59 Å². The molecule has 20 heavy (non-hydrogen) atoms. The molecular formula is C14H26N2O4. The summed E-state index contributed by atoms with van der Waals surface area (Å²) in [6.45, 7) is 8.83. The Morgan fingerprint density at radius 2 is 2.20 bits per heavy atom. The molecule has 1 N–H and O–H groups in total. The van der Waals surface area contributed by atoms with Crippen molar-refractivity contribution in [2.75, 3.05) is 39.4 Å². The summed E-state index contributed by atoms with van der Waals surface area (Å²) in [5.74, 6) is -0.108. The van der Waals surface area contributed by atoms with Gasteiger partial charge in [-0.2, -0.15) is 0 Å². The van der Waals surface area contributed by atoms with Gasteiger partial charge in [0.2, 0.25) is 5.91 Å². The van der Waals surface area contributed by atoms with E-state index >= 15 is 0 Å². The lowest BCUT2D eigenvalue weighted by Gasteiger charge is -2.28. The second kappa shape index (κ2) is 8.92. The van der Waals surface area contributed by atoms with Crippen LogP contribution in [0.25, 0.3) is 0 Å². The lowest BCUT2D eigenvalue weighted by Crippen LogP contribution is -2.44. The van der Waals surface area contributed by atoms with Gasteiger partial charge in [0.25, 0.3) is 0 Å². The van der Waals surface area contributed by atoms with E-state index in [-0.39, 0.29) is 24.5 Å². The topological polar surface area (TPSA) is 67.9 Å². The maximum absolute atomic E-state index is 12.3. The Balaban J connectivity index is 2.51. The number of esters is 1. The van der Waals surface area contributed by atoms with Crippen LogP contribution in [0.3, 0.4) is 0 Å². The molecule has 0 spiro atoms. The normalized spacial score (nSPS) is 18.9. The third-order valence-electron chi connectivity index (χ3n) is 2.97. The number of hydrogen-bond acceptors (Lipinski definition) is 5. The number of hydrogen-bond donors (Lipinski definition) is 1. The molecule has 0 bridgehead atoms. The van der Waals surface area contributed by atoms with Crippen LogP contribution in [0, 0.1) is 5.92 Å². The van der Waals surface area contributed by atoms with Crippen LogP contribution in [0.5, 0.6) is 0 Å². The Bertz CT molecular complexity index is 314. The van der Waals surface area contributed by atoms with Crippen molar-refractivity contribution in [1.82, 2.24) is 10.2 Å². The maximum atomic E-state index is 12.3. The lowest BCUT2D eigenvalue weighted by molar-refractivity contribution is -0.150. The van der Waals surface area contributed by atoms with Crippen LogP contribution in [0.15, 0.2) is 0 Å². The first-order chi connectivity index (χ1) is 9.52. The first-order valence-electron chi connectivity index (χ1n) is 7.28. The van der Waals surface area contributed by atoms with E-state index in [1.165, 1.54) is 0 Å². The Kier molecular flexibility index (Phi) is 7.54. The van der Waals surface area contributed by atoms with Gasteiger partial charge in [0.1, 0.15) is 6.54 Å². The van der Waals surface area contributed by atoms with Crippen molar-refractivity contribution in [3.63, 3.8) is 0 Å². The standard InChI is InChI=1S/C14H26N2O4/c1-4-19-14(18)10-16(9-11(2)3)13(17)7-12-8-15-5-6-20-12/h11-12,15H,4-10H2,1-3H3. The van der Waals surface area contributed by atoms with Crippen molar-refractivity contribution in [3.05, 3.63) is 0 Å². The van der Waals surface area contributed by atoms with Crippen LogP contribution >= 0.6 is 0 Å². The molecule has 6 nitrogen and oxygen atoms in total. The van der Waals surface area contributed by atoms with Gasteiger partial charge in [0.15, 0.2) is 0 Å². The van der Waals surface area contributed by atoms with Gasteiger partial charge in [-0.15, -0.1) is 0 Å². The summed E-state index contributed by atoms with van der Waals surface area (Å²) in [7, 11) is 0. The van der Waals surface area contributed by atoms with E-state index in [9.17, 15) is 9.59 Å². The summed E-state index contributed by atoms with van der Waals surface area (Å²) in [4.78, 5) is 25.4. The van der Waals surface area contributed by atoms with Crippen LogP contribution < -0.4 is 5.32 Å². The van der Waals surface area contributed by atoms with E-state index in [4.69, 9.17) is 9.47 Å². The first kappa shape index (κ1) is 16.9. The molecule has 116 valence electrons. The Hall–Kier alpha value is -1.14. The van der Waals surface area contributed by atoms with Gasteiger partial charge in [-0.1, -0.05) is 13.8 Å². The Morgan fingerprint density at radius 1 is 1.45 bits per heavy atom. The van der Waals surface area contributed by atoms with Gasteiger partial charge in [0.05, 0.1) is 25.7 Å². The first-order valence-corrected chi connectivity index (χ1v) is 7.28. The predicted octanol–water partition coefficient (Wildman–Crippen LogP) is 0.413. The van der Waals surface area contributed by atoms with Crippen molar-refractivity contribution in [2.24, 2.45) is 5.92 Å². The van der Waals surface area contributed by atoms with Gasteiger partial charge >= 0.3 is 5.97 Å². The highest BCUT2D eigenvalue weighted by Crippen LogP contribution is 2.08. The molecule has 1 aliphatic rings. The average molecular weight is 286 g/mol. The molecule has 1 fully saturated rings. The van der Waals surface area contributed by atoms with Crippen molar-refractivity contribution < 1.29 is 19.1 Å². The molecule has 0 aromatic heterocycles. The molecule has 6 heteroatoms. The quantitative estimate of drug-likeness (QED) is 0.687. The van der Waals surface area contributed by atoms with Crippen LogP contribution in [0.4, 0.5) is 0 Å². The minimum Gasteiger partial charge on any atom is -0.465 e. The highest BCUT2D eigenvalue weighted by atomic mass is 16.5. The zero-order valence-electron chi connectivity index (χ0n) is 12.7. The van der Waals surface area contributed by atoms with Gasteiger partial charge < -0.3 is 19.7 Å². The zero-order chi connectivity index (χ0) is 15.0. The van der Waals surface area contributed by atoms with E-state index in [0.717, 1.165) is 6.54 Å². The molecular weight excluding hydrogens is 260 g/mol. The SMILES string of the molecule is CCOC(=O)CN(CC(C)C)C(=O)CC1CNCCO1. The summed E-state index contributed by atoms with van der Waals surface area (Å²) in [5, 5.41) is 3.19. The monoisotopic (exact) mass is 286 g/mol. The number of ether oxygens (including phenoxy) is 2. The fraction of sp³-hybridized carbons (Fsp3) is 0.857. The van der Waals surface area contributed by atoms with Crippen LogP contribution in [0.1, 0.15) is 27.2 Å². The summed E-state index contributed by atoms with van der Waals surface area (Å²) in [6.07, 6.45) is 0.201. The van der Waals surface area contributed by atoms with Crippen molar-refractivity contribution in [2.45, 2.75) is 33.3 Å². The fourth-order valence-corrected chi connectivity index (χ4v) is 2.13. The second-order valence-electron chi connectivity index (χ2n) is 5.37. The molecule has 0 aliphatic carbocycles. The largest absolute Gasteiger partial charge is 0.465 e. The van der Waals surface area contributed by atoms with E-state index in [1.54, 1.807) is 11.8 Å². The number of carbonyl (C=O) groups excluding carboxylic acids is 2. The highest BCUT2D eigenvalue weighted by Gasteiger charge is 2.24. The number of morpholine rings is 1. The third-order valence-corrected chi connectivity index (χ3v) is 2.97. The molecule has 0 aromatic carbocycles. The number of amides is 1. The molecule has 1 atom stereocenters. The molecule has 1 saturated heterocycles. The number of nitrogens with zero attached hydrogens (tertiary/aromatic N) is 1. The zero-order valence-corrected chi connectivity index (χ0v) is 12.7. The molecule has 0 saturated carbocycles. The number of rotatable bonds is 7.